The molecule has 2 amide bonds. The van der Waals surface area contributed by atoms with Crippen molar-refractivity contribution < 1.29 is 9.59 Å². The minimum absolute atomic E-state index is 0.190. The zero-order valence-corrected chi connectivity index (χ0v) is 19.7. The Morgan fingerprint density at radius 1 is 1.03 bits per heavy atom. The molecule has 3 heterocycles. The predicted octanol–water partition coefficient (Wildman–Crippen LogP) is 4.13. The Hall–Kier alpha value is -3.16. The number of aromatic nitrogens is 1. The lowest BCUT2D eigenvalue weighted by Crippen LogP contribution is -2.37. The largest absolute Gasteiger partial charge is 0.383 e. The summed E-state index contributed by atoms with van der Waals surface area (Å²) < 4.78 is 0. The number of pyridine rings is 1. The summed E-state index contributed by atoms with van der Waals surface area (Å²) in [5, 5.41) is 9.15. The number of amides is 2. The summed E-state index contributed by atoms with van der Waals surface area (Å²) in [6.07, 6.45) is 4.25. The first-order chi connectivity index (χ1) is 16.7. The van der Waals surface area contributed by atoms with Gasteiger partial charge in [-0.25, -0.2) is 0 Å². The Bertz CT molecular complexity index is 1170. The highest BCUT2D eigenvalue weighted by atomic mass is 32.2. The Balaban J connectivity index is 1.24. The van der Waals surface area contributed by atoms with Crippen molar-refractivity contribution in [1.29, 1.82) is 0 Å². The lowest BCUT2D eigenvalue weighted by Gasteiger charge is -2.33. The van der Waals surface area contributed by atoms with Gasteiger partial charge in [0.15, 0.2) is 0 Å². The molecule has 0 bridgehead atoms. The first-order valence-electron chi connectivity index (χ1n) is 11.7. The first-order valence-corrected chi connectivity index (χ1v) is 12.6. The van der Waals surface area contributed by atoms with Crippen molar-refractivity contribution in [3.63, 3.8) is 0 Å². The van der Waals surface area contributed by atoms with Gasteiger partial charge >= 0.3 is 0 Å². The van der Waals surface area contributed by atoms with Gasteiger partial charge in [0.25, 0.3) is 5.24 Å². The molecular formula is C27H28N4O2S. The number of carbonyl (C=O) groups is 2. The van der Waals surface area contributed by atoms with Crippen LogP contribution < -0.4 is 16.0 Å². The fourth-order valence-electron chi connectivity index (χ4n) is 4.80. The zero-order chi connectivity index (χ0) is 23.3. The van der Waals surface area contributed by atoms with Crippen LogP contribution in [0.1, 0.15) is 28.4 Å². The molecule has 1 saturated heterocycles. The van der Waals surface area contributed by atoms with E-state index in [1.54, 1.807) is 0 Å². The third-order valence-corrected chi connectivity index (χ3v) is 7.47. The minimum atomic E-state index is -0.335. The van der Waals surface area contributed by atoms with E-state index >= 15 is 0 Å². The quantitative estimate of drug-likeness (QED) is 0.457. The van der Waals surface area contributed by atoms with E-state index in [0.717, 1.165) is 54.6 Å². The highest BCUT2D eigenvalue weighted by Crippen LogP contribution is 2.31. The summed E-state index contributed by atoms with van der Waals surface area (Å²) in [5.74, 6) is 0.205. The third kappa shape index (κ3) is 5.32. The summed E-state index contributed by atoms with van der Waals surface area (Å²) in [6, 6.07) is 23.3. The summed E-state index contributed by atoms with van der Waals surface area (Å²) in [7, 11) is 0. The van der Waals surface area contributed by atoms with E-state index in [9.17, 15) is 9.59 Å². The number of anilines is 1. The van der Waals surface area contributed by atoms with Gasteiger partial charge in [0, 0.05) is 24.7 Å². The monoisotopic (exact) mass is 472 g/mol. The van der Waals surface area contributed by atoms with E-state index in [0.29, 0.717) is 12.3 Å². The van der Waals surface area contributed by atoms with Crippen LogP contribution in [0.4, 0.5) is 10.5 Å². The summed E-state index contributed by atoms with van der Waals surface area (Å²) in [4.78, 5) is 28.0. The molecule has 2 aliphatic heterocycles. The lowest BCUT2D eigenvalue weighted by molar-refractivity contribution is -0.118. The molecule has 1 fully saturated rings. The van der Waals surface area contributed by atoms with Gasteiger partial charge in [-0.3, -0.25) is 19.9 Å². The van der Waals surface area contributed by atoms with Crippen molar-refractivity contribution in [2.75, 3.05) is 18.4 Å². The van der Waals surface area contributed by atoms with Gasteiger partial charge in [0.1, 0.15) is 0 Å². The molecule has 3 atom stereocenters. The first kappa shape index (κ1) is 22.6. The number of nitrogens with zero attached hydrogens (tertiary/aromatic N) is 1. The second-order valence-electron chi connectivity index (χ2n) is 8.84. The van der Waals surface area contributed by atoms with Crippen LogP contribution in [0.2, 0.25) is 0 Å². The summed E-state index contributed by atoms with van der Waals surface area (Å²) in [6.45, 7) is 1.74. The number of nitrogens with one attached hydrogen (secondary N) is 3. The number of thioether (sulfide) groups is 1. The predicted molar refractivity (Wildman–Crippen MR) is 136 cm³/mol. The number of fused-ring (bicyclic) bond motifs is 1. The fraction of sp³-hybridized carbons (Fsp3) is 0.296. The number of benzene rings is 2. The number of imide groups is 1. The number of carbonyl (C=O) groups excluding carboxylic acids is 2. The van der Waals surface area contributed by atoms with Gasteiger partial charge in [-0.1, -0.05) is 66.4 Å². The van der Waals surface area contributed by atoms with Crippen molar-refractivity contribution in [2.24, 2.45) is 5.92 Å². The van der Waals surface area contributed by atoms with Crippen LogP contribution in [0, 0.1) is 5.92 Å². The second-order valence-corrected chi connectivity index (χ2v) is 10.0. The van der Waals surface area contributed by atoms with Crippen molar-refractivity contribution in [1.82, 2.24) is 15.6 Å². The topological polar surface area (TPSA) is 83.1 Å². The number of hydrogen-bond acceptors (Lipinski definition) is 6. The molecule has 5 rings (SSSR count). The molecule has 0 radical (unpaired) electrons. The standard InChI is InChI=1S/C27H28N4O2S/c32-26-24(34-27(33)31-26)15-19-7-4-6-18(14-19)11-13-29-25(20-8-2-1-3-9-20)21-16-23-22(30-17-21)10-5-12-28-23/h1-10,12,14,21,24-25,29-30H,11,13,15-17H2,(H,31,32,33)/t21-,24-,25-/m1/s1. The normalized spacial score (nSPS) is 20.4. The molecule has 2 aromatic carbocycles. The Morgan fingerprint density at radius 2 is 1.88 bits per heavy atom. The molecular weight excluding hydrogens is 444 g/mol. The maximum Gasteiger partial charge on any atom is 0.286 e. The molecule has 3 aromatic rings. The van der Waals surface area contributed by atoms with Crippen LogP contribution >= 0.6 is 11.8 Å². The van der Waals surface area contributed by atoms with Gasteiger partial charge in [-0.05, 0) is 54.6 Å². The van der Waals surface area contributed by atoms with Gasteiger partial charge in [-0.15, -0.1) is 0 Å². The lowest BCUT2D eigenvalue weighted by atomic mass is 9.86. The minimum Gasteiger partial charge on any atom is -0.383 e. The molecule has 0 aliphatic carbocycles. The molecule has 2 aliphatic rings. The summed E-state index contributed by atoms with van der Waals surface area (Å²) in [5.41, 5.74) is 5.86. The fourth-order valence-corrected chi connectivity index (χ4v) is 5.66. The van der Waals surface area contributed by atoms with Crippen LogP contribution in [0.3, 0.4) is 0 Å². The molecule has 174 valence electrons. The van der Waals surface area contributed by atoms with Crippen LogP contribution in [0.15, 0.2) is 72.9 Å². The molecule has 7 heteroatoms. The van der Waals surface area contributed by atoms with Gasteiger partial charge in [0.05, 0.1) is 16.6 Å². The second kappa shape index (κ2) is 10.4. The third-order valence-electron chi connectivity index (χ3n) is 6.49. The van der Waals surface area contributed by atoms with Crippen molar-refractivity contribution in [3.05, 3.63) is 95.3 Å². The smallest absolute Gasteiger partial charge is 0.286 e. The van der Waals surface area contributed by atoms with Crippen LogP contribution in [-0.4, -0.2) is 34.5 Å². The zero-order valence-electron chi connectivity index (χ0n) is 18.9. The molecule has 34 heavy (non-hydrogen) atoms. The van der Waals surface area contributed by atoms with Crippen LogP contribution in [0.25, 0.3) is 0 Å². The van der Waals surface area contributed by atoms with Crippen molar-refractivity contribution in [2.45, 2.75) is 30.6 Å². The number of hydrogen-bond donors (Lipinski definition) is 3. The van der Waals surface area contributed by atoms with E-state index in [1.807, 2.05) is 24.4 Å². The van der Waals surface area contributed by atoms with E-state index < -0.39 is 0 Å². The highest BCUT2D eigenvalue weighted by Gasteiger charge is 2.31. The van der Waals surface area contributed by atoms with Crippen molar-refractivity contribution in [3.8, 4) is 0 Å². The average Bonchev–Trinajstić information content (AvgIpc) is 3.18. The van der Waals surface area contributed by atoms with Crippen LogP contribution in [-0.2, 0) is 24.1 Å². The van der Waals surface area contributed by atoms with E-state index in [-0.39, 0.29) is 22.4 Å². The van der Waals surface area contributed by atoms with Gasteiger partial charge < -0.3 is 10.6 Å². The summed E-state index contributed by atoms with van der Waals surface area (Å²) >= 11 is 1.08. The maximum atomic E-state index is 11.9. The molecule has 0 saturated carbocycles. The average molecular weight is 473 g/mol. The van der Waals surface area contributed by atoms with Gasteiger partial charge in [0.2, 0.25) is 5.91 Å². The van der Waals surface area contributed by atoms with E-state index in [2.05, 4.69) is 69.5 Å². The molecule has 0 spiro atoms. The SMILES string of the molecule is O=C1NC(=O)[C@@H](Cc2cccc(CCN[C@H](c3ccccc3)[C@H]3CNc4cccnc4C3)c2)S1. The van der Waals surface area contributed by atoms with E-state index in [1.165, 1.54) is 11.1 Å². The molecule has 0 unspecified atom stereocenters. The Labute approximate surface area is 203 Å². The molecule has 6 nitrogen and oxygen atoms in total. The van der Waals surface area contributed by atoms with E-state index in [4.69, 9.17) is 0 Å². The molecule has 3 N–H and O–H groups in total. The van der Waals surface area contributed by atoms with Crippen molar-refractivity contribution >= 4 is 28.6 Å². The Kier molecular flexibility index (Phi) is 6.92. The molecule has 1 aromatic heterocycles. The van der Waals surface area contributed by atoms with Crippen LogP contribution in [0.5, 0.6) is 0 Å². The Morgan fingerprint density at radius 3 is 2.71 bits per heavy atom. The van der Waals surface area contributed by atoms with Gasteiger partial charge in [-0.2, -0.15) is 0 Å². The maximum absolute atomic E-state index is 11.9. The highest BCUT2D eigenvalue weighted by molar-refractivity contribution is 8.15. The number of rotatable bonds is 8.